The minimum atomic E-state index is -0.372. The van der Waals surface area contributed by atoms with Crippen molar-refractivity contribution in [3.63, 3.8) is 0 Å². The van der Waals surface area contributed by atoms with Gasteiger partial charge in [0.2, 0.25) is 0 Å². The molecule has 0 aliphatic carbocycles. The van der Waals surface area contributed by atoms with Gasteiger partial charge < -0.3 is 19.1 Å². The van der Waals surface area contributed by atoms with Gasteiger partial charge in [0.25, 0.3) is 5.91 Å². The predicted molar refractivity (Wildman–Crippen MR) is 92.3 cm³/mol. The molecule has 3 aliphatic heterocycles. The average Bonchev–Trinajstić information content (AvgIpc) is 2.68. The number of carbonyl (C=O) groups excluding carboxylic acids is 1. The minimum Gasteiger partial charge on any atom is -0.376 e. The fourth-order valence-corrected chi connectivity index (χ4v) is 3.84. The van der Waals surface area contributed by atoms with Crippen LogP contribution in [0.4, 0.5) is 0 Å². The Labute approximate surface area is 148 Å². The Kier molecular flexibility index (Phi) is 5.31. The zero-order valence-corrected chi connectivity index (χ0v) is 14.6. The molecule has 0 bridgehead atoms. The summed E-state index contributed by atoms with van der Waals surface area (Å²) in [6, 6.07) is 8.37. The lowest BCUT2D eigenvalue weighted by Gasteiger charge is -2.38. The van der Waals surface area contributed by atoms with E-state index in [0.29, 0.717) is 39.5 Å². The Morgan fingerprint density at radius 3 is 2.80 bits per heavy atom. The van der Waals surface area contributed by atoms with Gasteiger partial charge in [0.15, 0.2) is 0 Å². The second-order valence-corrected chi connectivity index (χ2v) is 6.97. The van der Waals surface area contributed by atoms with Gasteiger partial charge in [0.05, 0.1) is 32.5 Å². The van der Waals surface area contributed by atoms with E-state index in [4.69, 9.17) is 14.2 Å². The molecule has 1 amide bonds. The van der Waals surface area contributed by atoms with Gasteiger partial charge in [-0.1, -0.05) is 24.3 Å². The van der Waals surface area contributed by atoms with Crippen molar-refractivity contribution >= 4 is 5.91 Å². The molecule has 6 nitrogen and oxygen atoms in total. The zero-order valence-electron chi connectivity index (χ0n) is 14.6. The van der Waals surface area contributed by atoms with E-state index in [2.05, 4.69) is 23.1 Å². The molecule has 2 saturated heterocycles. The van der Waals surface area contributed by atoms with Gasteiger partial charge in [-0.15, -0.1) is 0 Å². The number of hydrogen-bond acceptors (Lipinski definition) is 5. The Bertz CT molecular complexity index is 603. The van der Waals surface area contributed by atoms with Crippen LogP contribution >= 0.6 is 0 Å². The van der Waals surface area contributed by atoms with Crippen LogP contribution < -0.4 is 0 Å². The summed E-state index contributed by atoms with van der Waals surface area (Å²) in [5.41, 5.74) is 2.61. The maximum absolute atomic E-state index is 12.9. The Morgan fingerprint density at radius 2 is 1.96 bits per heavy atom. The third kappa shape index (κ3) is 4.03. The number of ether oxygens (including phenoxy) is 3. The van der Waals surface area contributed by atoms with Crippen molar-refractivity contribution in [2.75, 3.05) is 52.6 Å². The Morgan fingerprint density at radius 1 is 1.08 bits per heavy atom. The Hall–Kier alpha value is -1.47. The molecule has 2 unspecified atom stereocenters. The molecular formula is C19H26N2O4. The van der Waals surface area contributed by atoms with Crippen molar-refractivity contribution < 1.29 is 19.0 Å². The summed E-state index contributed by atoms with van der Waals surface area (Å²) in [6.45, 7) is 6.30. The van der Waals surface area contributed by atoms with E-state index in [1.807, 2.05) is 11.0 Å². The molecule has 0 N–H and O–H groups in total. The summed E-state index contributed by atoms with van der Waals surface area (Å²) in [7, 11) is 0. The summed E-state index contributed by atoms with van der Waals surface area (Å²) < 4.78 is 17.0. The molecule has 1 aromatic rings. The second kappa shape index (κ2) is 7.83. The van der Waals surface area contributed by atoms with Crippen molar-refractivity contribution in [1.82, 2.24) is 9.80 Å². The molecule has 3 heterocycles. The van der Waals surface area contributed by atoms with Crippen LogP contribution in [0, 0.1) is 0 Å². The lowest BCUT2D eigenvalue weighted by atomic mass is 9.99. The number of nitrogens with zero attached hydrogens (tertiary/aromatic N) is 2. The van der Waals surface area contributed by atoms with Crippen LogP contribution in [0.5, 0.6) is 0 Å². The third-order valence-electron chi connectivity index (χ3n) is 5.22. The van der Waals surface area contributed by atoms with E-state index in [1.54, 1.807) is 0 Å². The molecule has 0 spiro atoms. The van der Waals surface area contributed by atoms with E-state index < -0.39 is 0 Å². The van der Waals surface area contributed by atoms with Gasteiger partial charge in [-0.25, -0.2) is 0 Å². The molecule has 4 rings (SSSR count). The highest BCUT2D eigenvalue weighted by atomic mass is 16.6. The van der Waals surface area contributed by atoms with E-state index in [9.17, 15) is 4.79 Å². The largest absolute Gasteiger partial charge is 0.376 e. The third-order valence-corrected chi connectivity index (χ3v) is 5.22. The van der Waals surface area contributed by atoms with Gasteiger partial charge in [-0.3, -0.25) is 9.69 Å². The SMILES string of the molecule is O=C(C1CN(CC2COCCO2)CCO1)N1CCc2ccccc2C1. The number of amides is 1. The van der Waals surface area contributed by atoms with Gasteiger partial charge in [-0.2, -0.15) is 0 Å². The van der Waals surface area contributed by atoms with Crippen LogP contribution in [0.25, 0.3) is 0 Å². The quantitative estimate of drug-likeness (QED) is 0.806. The first-order chi connectivity index (χ1) is 12.3. The van der Waals surface area contributed by atoms with E-state index >= 15 is 0 Å². The second-order valence-electron chi connectivity index (χ2n) is 6.97. The molecule has 3 aliphatic rings. The van der Waals surface area contributed by atoms with Crippen LogP contribution in [-0.2, 0) is 32.0 Å². The molecule has 6 heteroatoms. The van der Waals surface area contributed by atoms with Crippen molar-refractivity contribution in [2.45, 2.75) is 25.2 Å². The fraction of sp³-hybridized carbons (Fsp3) is 0.632. The molecule has 2 atom stereocenters. The molecular weight excluding hydrogens is 320 g/mol. The average molecular weight is 346 g/mol. The molecule has 0 radical (unpaired) electrons. The van der Waals surface area contributed by atoms with Gasteiger partial charge >= 0.3 is 0 Å². The van der Waals surface area contributed by atoms with Crippen molar-refractivity contribution in [2.24, 2.45) is 0 Å². The summed E-state index contributed by atoms with van der Waals surface area (Å²) >= 11 is 0. The number of morpholine rings is 1. The van der Waals surface area contributed by atoms with E-state index in [1.165, 1.54) is 11.1 Å². The summed E-state index contributed by atoms with van der Waals surface area (Å²) in [4.78, 5) is 17.1. The van der Waals surface area contributed by atoms with Crippen LogP contribution in [0.1, 0.15) is 11.1 Å². The van der Waals surface area contributed by atoms with Crippen LogP contribution in [0.2, 0.25) is 0 Å². The van der Waals surface area contributed by atoms with Crippen molar-refractivity contribution in [3.8, 4) is 0 Å². The molecule has 0 saturated carbocycles. The van der Waals surface area contributed by atoms with Crippen molar-refractivity contribution in [3.05, 3.63) is 35.4 Å². The van der Waals surface area contributed by atoms with Gasteiger partial charge in [0.1, 0.15) is 6.10 Å². The van der Waals surface area contributed by atoms with Crippen LogP contribution in [-0.4, -0.2) is 80.5 Å². The molecule has 0 aromatic heterocycles. The first-order valence-electron chi connectivity index (χ1n) is 9.18. The normalized spacial score (nSPS) is 27.8. The minimum absolute atomic E-state index is 0.101. The number of carbonyl (C=O) groups is 1. The number of fused-ring (bicyclic) bond motifs is 1. The standard InChI is InChI=1S/C19H26N2O4/c22-19(21-6-5-15-3-1-2-4-16(15)11-21)18-13-20(7-8-25-18)12-17-14-23-9-10-24-17/h1-4,17-18H,5-14H2. The van der Waals surface area contributed by atoms with Gasteiger partial charge in [-0.05, 0) is 17.5 Å². The molecule has 136 valence electrons. The highest BCUT2D eigenvalue weighted by Gasteiger charge is 2.32. The fourth-order valence-electron chi connectivity index (χ4n) is 3.84. The van der Waals surface area contributed by atoms with Crippen LogP contribution in [0.3, 0.4) is 0 Å². The number of benzene rings is 1. The lowest BCUT2D eigenvalue weighted by Crippen LogP contribution is -2.53. The summed E-state index contributed by atoms with van der Waals surface area (Å²) in [6.07, 6.45) is 0.652. The number of hydrogen-bond donors (Lipinski definition) is 0. The number of rotatable bonds is 3. The zero-order chi connectivity index (χ0) is 17.1. The Balaban J connectivity index is 1.34. The van der Waals surface area contributed by atoms with Crippen molar-refractivity contribution in [1.29, 1.82) is 0 Å². The molecule has 1 aromatic carbocycles. The predicted octanol–water partition coefficient (Wildman–Crippen LogP) is 0.688. The van der Waals surface area contributed by atoms with E-state index in [-0.39, 0.29) is 18.1 Å². The molecule has 25 heavy (non-hydrogen) atoms. The maximum Gasteiger partial charge on any atom is 0.253 e. The van der Waals surface area contributed by atoms with Gasteiger partial charge in [0, 0.05) is 32.7 Å². The topological polar surface area (TPSA) is 51.2 Å². The van der Waals surface area contributed by atoms with Crippen LogP contribution in [0.15, 0.2) is 24.3 Å². The van der Waals surface area contributed by atoms with E-state index in [0.717, 1.165) is 26.1 Å². The smallest absolute Gasteiger partial charge is 0.253 e. The summed E-state index contributed by atoms with van der Waals surface area (Å²) in [5, 5.41) is 0. The first-order valence-corrected chi connectivity index (χ1v) is 9.18. The highest BCUT2D eigenvalue weighted by Crippen LogP contribution is 2.20. The summed E-state index contributed by atoms with van der Waals surface area (Å²) in [5.74, 6) is 0.111. The first kappa shape index (κ1) is 17.0. The maximum atomic E-state index is 12.9. The molecule has 2 fully saturated rings. The highest BCUT2D eigenvalue weighted by molar-refractivity contribution is 5.81. The monoisotopic (exact) mass is 346 g/mol. The lowest BCUT2D eigenvalue weighted by molar-refractivity contribution is -0.153.